The average molecular weight is 1030 g/mol. The summed E-state index contributed by atoms with van der Waals surface area (Å²) in [5, 5.41) is 72.3. The largest absolute Gasteiger partial charge is 0.457 e. The van der Waals surface area contributed by atoms with E-state index in [1.54, 1.807) is 0 Å². The van der Waals surface area contributed by atoms with Gasteiger partial charge in [0.25, 0.3) is 0 Å². The molecule has 11 atom stereocenters. The Kier molecular flexibility index (Phi) is 42.2. The van der Waals surface area contributed by atoms with Crippen LogP contribution in [0.5, 0.6) is 0 Å². The van der Waals surface area contributed by atoms with E-state index in [2.05, 4.69) is 38.2 Å². The van der Waals surface area contributed by atoms with Gasteiger partial charge in [-0.05, 0) is 38.5 Å². The van der Waals surface area contributed by atoms with E-state index in [-0.39, 0.29) is 25.6 Å². The first-order valence-corrected chi connectivity index (χ1v) is 29.4. The SMILES string of the molecule is CCC/C=C\C/C=C\CCCCCCCC(=O)OC(COCCCCCCCCCCCCCCCCCCCCCCCCCCC)COC1OC(COC2OC(CO)C(O)C(O)C2O)C(O)C(O)C1O. The van der Waals surface area contributed by atoms with Gasteiger partial charge in [-0.3, -0.25) is 4.79 Å². The molecule has 0 saturated carbocycles. The van der Waals surface area contributed by atoms with Crippen LogP contribution in [0.25, 0.3) is 0 Å². The van der Waals surface area contributed by atoms with Gasteiger partial charge in [-0.1, -0.05) is 218 Å². The Hall–Kier alpha value is -1.53. The summed E-state index contributed by atoms with van der Waals surface area (Å²) in [6.07, 6.45) is 35.4. The highest BCUT2D eigenvalue weighted by Gasteiger charge is 2.47. The Morgan fingerprint density at radius 1 is 0.458 bits per heavy atom. The number of esters is 1. The van der Waals surface area contributed by atoms with Gasteiger partial charge in [-0.2, -0.15) is 0 Å². The third kappa shape index (κ3) is 32.1. The van der Waals surface area contributed by atoms with Crippen LogP contribution in [-0.2, 0) is 33.2 Å². The fourth-order valence-corrected chi connectivity index (χ4v) is 9.44. The Morgan fingerprint density at radius 2 is 0.889 bits per heavy atom. The number of unbranched alkanes of at least 4 members (excludes halogenated alkanes) is 30. The number of allylic oxidation sites excluding steroid dienone is 4. The maximum atomic E-state index is 13.0. The van der Waals surface area contributed by atoms with Gasteiger partial charge in [0.2, 0.25) is 0 Å². The molecule has 2 rings (SSSR count). The van der Waals surface area contributed by atoms with Gasteiger partial charge in [0, 0.05) is 13.0 Å². The lowest BCUT2D eigenvalue weighted by molar-refractivity contribution is -0.332. The Labute approximate surface area is 437 Å². The predicted octanol–water partition coefficient (Wildman–Crippen LogP) is 10.4. The molecular weight excluding hydrogens is 921 g/mol. The number of aliphatic hydroxyl groups excluding tert-OH is 7. The molecule has 14 heteroatoms. The standard InChI is InChI=1S/C58H108O14/c1-3-5-7-9-11-13-15-17-18-19-20-21-22-23-24-25-26-27-28-30-32-34-36-38-40-42-67-44-47(70-50(60)41-39-37-35-33-31-29-16-14-12-10-8-6-4-2)45-68-57-56(66)54(64)52(62)49(72-57)46-69-58-55(65)53(63)51(61)48(43-59)71-58/h8,10,14,16,47-49,51-59,61-66H,3-7,9,11-13,15,17-46H2,1-2H3/b10-8-,16-14-. The molecule has 0 aliphatic carbocycles. The maximum Gasteiger partial charge on any atom is 0.306 e. The van der Waals surface area contributed by atoms with Crippen LogP contribution in [0.2, 0.25) is 0 Å². The third-order valence-corrected chi connectivity index (χ3v) is 14.2. The summed E-state index contributed by atoms with van der Waals surface area (Å²) >= 11 is 0. The first kappa shape index (κ1) is 66.6. The summed E-state index contributed by atoms with van der Waals surface area (Å²) in [7, 11) is 0. The number of carbonyl (C=O) groups is 1. The molecule has 0 amide bonds. The Bertz CT molecular complexity index is 1290. The molecule has 72 heavy (non-hydrogen) atoms. The van der Waals surface area contributed by atoms with E-state index >= 15 is 0 Å². The summed E-state index contributed by atoms with van der Waals surface area (Å²) in [6, 6.07) is 0. The van der Waals surface area contributed by atoms with Crippen LogP contribution < -0.4 is 0 Å². The number of hydrogen-bond donors (Lipinski definition) is 7. The Balaban J connectivity index is 1.66. The van der Waals surface area contributed by atoms with E-state index < -0.39 is 80.7 Å². The molecule has 0 bridgehead atoms. The van der Waals surface area contributed by atoms with Crippen molar-refractivity contribution in [3.05, 3.63) is 24.3 Å². The lowest BCUT2D eigenvalue weighted by Gasteiger charge is -2.42. The number of carbonyl (C=O) groups excluding carboxylic acids is 1. The van der Waals surface area contributed by atoms with Crippen molar-refractivity contribution in [3.8, 4) is 0 Å². The lowest BCUT2D eigenvalue weighted by atomic mass is 9.98. The van der Waals surface area contributed by atoms with Crippen molar-refractivity contribution in [2.45, 2.75) is 306 Å². The summed E-state index contributed by atoms with van der Waals surface area (Å²) in [5.41, 5.74) is 0. The molecule has 0 radical (unpaired) electrons. The number of rotatable bonds is 48. The topological polar surface area (TPSA) is 214 Å². The maximum absolute atomic E-state index is 13.0. The monoisotopic (exact) mass is 1030 g/mol. The molecule has 0 aromatic rings. The van der Waals surface area contributed by atoms with Gasteiger partial charge >= 0.3 is 5.97 Å². The molecule has 7 N–H and O–H groups in total. The third-order valence-electron chi connectivity index (χ3n) is 14.2. The number of ether oxygens (including phenoxy) is 6. The second kappa shape index (κ2) is 45.6. The summed E-state index contributed by atoms with van der Waals surface area (Å²) in [5.74, 6) is -0.386. The molecule has 0 aromatic carbocycles. The number of aliphatic hydroxyl groups is 7. The zero-order chi connectivity index (χ0) is 52.3. The van der Waals surface area contributed by atoms with Crippen molar-refractivity contribution >= 4 is 5.97 Å². The molecule has 2 heterocycles. The van der Waals surface area contributed by atoms with Crippen molar-refractivity contribution < 1.29 is 69.0 Å². The minimum absolute atomic E-state index is 0.0602. The quantitative estimate of drug-likeness (QED) is 0.0172. The zero-order valence-corrected chi connectivity index (χ0v) is 45.4. The Morgan fingerprint density at radius 3 is 1.39 bits per heavy atom. The van der Waals surface area contributed by atoms with E-state index in [0.717, 1.165) is 64.2 Å². The molecule has 2 saturated heterocycles. The van der Waals surface area contributed by atoms with E-state index in [4.69, 9.17) is 28.4 Å². The van der Waals surface area contributed by atoms with Crippen LogP contribution in [-0.4, -0.2) is 142 Å². The van der Waals surface area contributed by atoms with Crippen LogP contribution in [0.4, 0.5) is 0 Å². The van der Waals surface area contributed by atoms with Gasteiger partial charge in [0.1, 0.15) is 54.9 Å². The molecule has 11 unspecified atom stereocenters. The van der Waals surface area contributed by atoms with Crippen LogP contribution in [0.15, 0.2) is 24.3 Å². The second-order valence-corrected chi connectivity index (χ2v) is 20.8. The number of hydrogen-bond acceptors (Lipinski definition) is 14. The first-order chi connectivity index (χ1) is 35.1. The van der Waals surface area contributed by atoms with E-state index in [0.29, 0.717) is 13.0 Å². The summed E-state index contributed by atoms with van der Waals surface area (Å²) in [4.78, 5) is 13.0. The fourth-order valence-electron chi connectivity index (χ4n) is 9.44. The molecule has 2 fully saturated rings. The van der Waals surface area contributed by atoms with Gasteiger partial charge in [-0.25, -0.2) is 0 Å². The van der Waals surface area contributed by atoms with E-state index in [1.165, 1.54) is 148 Å². The van der Waals surface area contributed by atoms with Crippen LogP contribution in [0.3, 0.4) is 0 Å². The first-order valence-electron chi connectivity index (χ1n) is 29.4. The fraction of sp³-hybridized carbons (Fsp3) is 0.914. The molecule has 0 spiro atoms. The molecule has 2 aliphatic rings. The highest BCUT2D eigenvalue weighted by Crippen LogP contribution is 2.27. The van der Waals surface area contributed by atoms with Crippen molar-refractivity contribution in [1.82, 2.24) is 0 Å². The van der Waals surface area contributed by atoms with E-state index in [9.17, 15) is 40.5 Å². The zero-order valence-electron chi connectivity index (χ0n) is 45.4. The van der Waals surface area contributed by atoms with Crippen LogP contribution >= 0.6 is 0 Å². The highest BCUT2D eigenvalue weighted by molar-refractivity contribution is 5.69. The molecule has 0 aromatic heterocycles. The summed E-state index contributed by atoms with van der Waals surface area (Å²) < 4.78 is 34.4. The normalized spacial score (nSPS) is 25.2. The predicted molar refractivity (Wildman–Crippen MR) is 284 cm³/mol. The lowest BCUT2D eigenvalue weighted by Crippen LogP contribution is -2.61. The molecule has 424 valence electrons. The van der Waals surface area contributed by atoms with Crippen LogP contribution in [0, 0.1) is 0 Å². The summed E-state index contributed by atoms with van der Waals surface area (Å²) in [6.45, 7) is 3.65. The molecule has 14 nitrogen and oxygen atoms in total. The van der Waals surface area contributed by atoms with Crippen molar-refractivity contribution in [1.29, 1.82) is 0 Å². The average Bonchev–Trinajstić information content (AvgIpc) is 3.38. The van der Waals surface area contributed by atoms with Gasteiger partial charge < -0.3 is 64.2 Å². The van der Waals surface area contributed by atoms with Gasteiger partial charge in [0.15, 0.2) is 12.6 Å². The molecular formula is C58H108O14. The molecule has 2 aliphatic heterocycles. The second-order valence-electron chi connectivity index (χ2n) is 20.8. The highest BCUT2D eigenvalue weighted by atomic mass is 16.7. The minimum atomic E-state index is -1.71. The van der Waals surface area contributed by atoms with Crippen molar-refractivity contribution in [3.63, 3.8) is 0 Å². The smallest absolute Gasteiger partial charge is 0.306 e. The van der Waals surface area contributed by atoms with Crippen molar-refractivity contribution in [2.24, 2.45) is 0 Å². The van der Waals surface area contributed by atoms with Crippen LogP contribution in [0.1, 0.15) is 239 Å². The minimum Gasteiger partial charge on any atom is -0.457 e. The van der Waals surface area contributed by atoms with E-state index in [1.807, 2.05) is 0 Å². The van der Waals surface area contributed by atoms with Crippen molar-refractivity contribution in [2.75, 3.05) is 33.0 Å². The van der Waals surface area contributed by atoms with Gasteiger partial charge in [0.05, 0.1) is 26.4 Å². The van der Waals surface area contributed by atoms with Gasteiger partial charge in [-0.15, -0.1) is 0 Å².